The molecule has 0 aliphatic carbocycles. The Bertz CT molecular complexity index is 609. The molecule has 1 N–H and O–H groups in total. The van der Waals surface area contributed by atoms with E-state index < -0.39 is 0 Å². The molecule has 0 bridgehead atoms. The lowest BCUT2D eigenvalue weighted by Crippen LogP contribution is -2.42. The average molecular weight is 305 g/mol. The highest BCUT2D eigenvalue weighted by atomic mass is 16.2. The molecule has 1 fully saturated rings. The van der Waals surface area contributed by atoms with Gasteiger partial charge in [-0.25, -0.2) is 0 Å². The van der Waals surface area contributed by atoms with Crippen LogP contribution in [-0.4, -0.2) is 34.4 Å². The largest absolute Gasteiger partial charge is 0.342 e. The van der Waals surface area contributed by atoms with E-state index in [9.17, 15) is 14.4 Å². The summed E-state index contributed by atoms with van der Waals surface area (Å²) in [6, 6.07) is 3.09. The van der Waals surface area contributed by atoms with E-state index in [0.29, 0.717) is 18.8 Å². The third-order valence-corrected chi connectivity index (χ3v) is 3.95. The summed E-state index contributed by atoms with van der Waals surface area (Å²) in [5.74, 6) is -0.272. The molecule has 1 saturated heterocycles. The van der Waals surface area contributed by atoms with Crippen LogP contribution in [0.25, 0.3) is 0 Å². The molecule has 6 nitrogen and oxygen atoms in total. The molecule has 0 unspecified atom stereocenters. The smallest absolute Gasteiger partial charge is 0.250 e. The van der Waals surface area contributed by atoms with Crippen molar-refractivity contribution in [3.63, 3.8) is 0 Å². The van der Waals surface area contributed by atoms with Crippen LogP contribution in [-0.2, 0) is 16.1 Å². The van der Waals surface area contributed by atoms with Crippen LogP contribution in [0, 0.1) is 5.92 Å². The van der Waals surface area contributed by atoms with Crippen LogP contribution in [0.1, 0.15) is 33.1 Å². The van der Waals surface area contributed by atoms with Gasteiger partial charge in [0.1, 0.15) is 0 Å². The van der Waals surface area contributed by atoms with E-state index >= 15 is 0 Å². The third-order valence-electron chi connectivity index (χ3n) is 3.95. The first-order valence-electron chi connectivity index (χ1n) is 7.78. The van der Waals surface area contributed by atoms with Gasteiger partial charge in [-0.2, -0.15) is 0 Å². The van der Waals surface area contributed by atoms with Gasteiger partial charge < -0.3 is 14.8 Å². The Hall–Kier alpha value is -2.11. The first-order chi connectivity index (χ1) is 10.5. The molecule has 120 valence electrons. The average Bonchev–Trinajstić information content (AvgIpc) is 2.51. The zero-order chi connectivity index (χ0) is 16.1. The molecule has 2 heterocycles. The van der Waals surface area contributed by atoms with Gasteiger partial charge in [0.25, 0.3) is 5.56 Å². The number of aryl methyl sites for hydroxylation is 1. The van der Waals surface area contributed by atoms with Crippen molar-refractivity contribution in [1.29, 1.82) is 0 Å². The van der Waals surface area contributed by atoms with Crippen LogP contribution in [0.2, 0.25) is 0 Å². The number of piperidine rings is 1. The lowest BCUT2D eigenvalue weighted by Gasteiger charge is -2.31. The number of anilines is 1. The zero-order valence-corrected chi connectivity index (χ0v) is 13.2. The van der Waals surface area contributed by atoms with Gasteiger partial charge in [0, 0.05) is 38.8 Å². The monoisotopic (exact) mass is 305 g/mol. The number of carbonyl (C=O) groups excluding carboxylic acids is 2. The van der Waals surface area contributed by atoms with Crippen LogP contribution >= 0.6 is 0 Å². The maximum absolute atomic E-state index is 12.4. The molecule has 0 aromatic carbocycles. The van der Waals surface area contributed by atoms with E-state index in [1.165, 1.54) is 13.0 Å². The Kier molecular flexibility index (Phi) is 5.35. The maximum Gasteiger partial charge on any atom is 0.250 e. The van der Waals surface area contributed by atoms with E-state index in [-0.39, 0.29) is 23.3 Å². The summed E-state index contributed by atoms with van der Waals surface area (Å²) in [5.41, 5.74) is 0.554. The van der Waals surface area contributed by atoms with Crippen molar-refractivity contribution in [3.05, 3.63) is 28.7 Å². The van der Waals surface area contributed by atoms with Crippen LogP contribution in [0.5, 0.6) is 0 Å². The Morgan fingerprint density at radius 3 is 2.82 bits per heavy atom. The number of amides is 2. The Balaban J connectivity index is 2.04. The molecule has 0 saturated carbocycles. The number of carbonyl (C=O) groups is 2. The van der Waals surface area contributed by atoms with Crippen LogP contribution < -0.4 is 10.9 Å². The quantitative estimate of drug-likeness (QED) is 0.915. The van der Waals surface area contributed by atoms with Crippen molar-refractivity contribution in [1.82, 2.24) is 9.47 Å². The Labute approximate surface area is 130 Å². The summed E-state index contributed by atoms with van der Waals surface area (Å²) in [6.45, 7) is 5.34. The van der Waals surface area contributed by atoms with Gasteiger partial charge in [-0.3, -0.25) is 14.4 Å². The molecular weight excluding hydrogens is 282 g/mol. The second-order valence-corrected chi connectivity index (χ2v) is 5.74. The maximum atomic E-state index is 12.4. The number of pyridine rings is 1. The second kappa shape index (κ2) is 7.24. The molecular formula is C16H23N3O3. The molecule has 1 aliphatic rings. The molecule has 1 aromatic heterocycles. The van der Waals surface area contributed by atoms with Crippen molar-refractivity contribution in [2.24, 2.45) is 5.92 Å². The predicted octanol–water partition coefficient (Wildman–Crippen LogP) is 1.46. The second-order valence-electron chi connectivity index (χ2n) is 5.74. The highest BCUT2D eigenvalue weighted by Gasteiger charge is 2.27. The Morgan fingerprint density at radius 2 is 2.14 bits per heavy atom. The van der Waals surface area contributed by atoms with Gasteiger partial charge in [0.15, 0.2) is 0 Å². The SMILES string of the molecule is CCCn1cc(NC(=O)[C@@H]2CCCN(C(C)=O)C2)ccc1=O. The number of likely N-dealkylation sites (tertiary alicyclic amines) is 1. The predicted molar refractivity (Wildman–Crippen MR) is 84.6 cm³/mol. The molecule has 2 rings (SSSR count). The minimum Gasteiger partial charge on any atom is -0.342 e. The van der Waals surface area contributed by atoms with E-state index in [2.05, 4.69) is 5.32 Å². The van der Waals surface area contributed by atoms with Gasteiger partial charge >= 0.3 is 0 Å². The first-order valence-corrected chi connectivity index (χ1v) is 7.78. The zero-order valence-electron chi connectivity index (χ0n) is 13.2. The molecule has 0 spiro atoms. The van der Waals surface area contributed by atoms with E-state index in [1.54, 1.807) is 21.7 Å². The van der Waals surface area contributed by atoms with Gasteiger partial charge in [-0.1, -0.05) is 6.92 Å². The number of nitrogens with zero attached hydrogens (tertiary/aromatic N) is 2. The van der Waals surface area contributed by atoms with Crippen molar-refractivity contribution in [3.8, 4) is 0 Å². The molecule has 6 heteroatoms. The van der Waals surface area contributed by atoms with Crippen LogP contribution in [0.15, 0.2) is 23.1 Å². The van der Waals surface area contributed by atoms with Crippen molar-refractivity contribution >= 4 is 17.5 Å². The number of hydrogen-bond donors (Lipinski definition) is 1. The highest BCUT2D eigenvalue weighted by Crippen LogP contribution is 2.18. The lowest BCUT2D eigenvalue weighted by atomic mass is 9.97. The molecule has 0 radical (unpaired) electrons. The third kappa shape index (κ3) is 3.96. The minimum absolute atomic E-state index is 0.00833. The molecule has 1 aromatic rings. The normalized spacial score (nSPS) is 18.1. The number of nitrogens with one attached hydrogen (secondary N) is 1. The van der Waals surface area contributed by atoms with Gasteiger partial charge in [0.2, 0.25) is 11.8 Å². The summed E-state index contributed by atoms with van der Waals surface area (Å²) in [5, 5.41) is 2.86. The van der Waals surface area contributed by atoms with Gasteiger partial charge in [-0.05, 0) is 25.3 Å². The first kappa shape index (κ1) is 16.3. The summed E-state index contributed by atoms with van der Waals surface area (Å²) in [6.07, 6.45) is 4.15. The Morgan fingerprint density at radius 1 is 1.36 bits per heavy atom. The van der Waals surface area contributed by atoms with Crippen molar-refractivity contribution < 1.29 is 9.59 Å². The number of aromatic nitrogens is 1. The lowest BCUT2D eigenvalue weighted by molar-refractivity contribution is -0.132. The summed E-state index contributed by atoms with van der Waals surface area (Å²) in [7, 11) is 0. The van der Waals surface area contributed by atoms with Crippen LogP contribution in [0.4, 0.5) is 5.69 Å². The van der Waals surface area contributed by atoms with Crippen molar-refractivity contribution in [2.75, 3.05) is 18.4 Å². The minimum atomic E-state index is -0.191. The number of rotatable bonds is 4. The topological polar surface area (TPSA) is 71.4 Å². The van der Waals surface area contributed by atoms with Gasteiger partial charge in [-0.15, -0.1) is 0 Å². The fourth-order valence-electron chi connectivity index (χ4n) is 2.74. The fraction of sp³-hybridized carbons (Fsp3) is 0.562. The van der Waals surface area contributed by atoms with Crippen LogP contribution in [0.3, 0.4) is 0 Å². The summed E-state index contributed by atoms with van der Waals surface area (Å²) in [4.78, 5) is 37.2. The van der Waals surface area contributed by atoms with E-state index in [0.717, 1.165) is 25.8 Å². The molecule has 1 aliphatic heterocycles. The van der Waals surface area contributed by atoms with Gasteiger partial charge in [0.05, 0.1) is 11.6 Å². The fourth-order valence-corrected chi connectivity index (χ4v) is 2.74. The van der Waals surface area contributed by atoms with Crippen molar-refractivity contribution in [2.45, 2.75) is 39.7 Å². The molecule has 22 heavy (non-hydrogen) atoms. The number of hydrogen-bond acceptors (Lipinski definition) is 3. The van der Waals surface area contributed by atoms with E-state index in [1.807, 2.05) is 6.92 Å². The van der Waals surface area contributed by atoms with E-state index in [4.69, 9.17) is 0 Å². The standard InChI is InChI=1S/C16H23N3O3/c1-3-8-19-11-14(6-7-15(19)21)17-16(22)13-5-4-9-18(10-13)12(2)20/h6-7,11,13H,3-5,8-10H2,1-2H3,(H,17,22)/t13-/m1/s1. The molecule has 2 amide bonds. The summed E-state index contributed by atoms with van der Waals surface area (Å²) >= 11 is 0. The highest BCUT2D eigenvalue weighted by molar-refractivity contribution is 5.93. The molecule has 1 atom stereocenters. The summed E-state index contributed by atoms with van der Waals surface area (Å²) < 4.78 is 1.60.